The van der Waals surface area contributed by atoms with Crippen molar-refractivity contribution in [3.8, 4) is 11.1 Å². The summed E-state index contributed by atoms with van der Waals surface area (Å²) in [6.07, 6.45) is 0.442. The van der Waals surface area contributed by atoms with Crippen LogP contribution < -0.4 is 5.32 Å². The molecule has 4 nitrogen and oxygen atoms in total. The molecule has 142 valence electrons. The quantitative estimate of drug-likeness (QED) is 0.843. The molecule has 3 unspecified atom stereocenters. The highest BCUT2D eigenvalue weighted by Gasteiger charge is 2.35. The number of hydrogen-bond donors (Lipinski definition) is 1. The second kappa shape index (κ2) is 8.49. The minimum Gasteiger partial charge on any atom is -0.368 e. The molecule has 0 aliphatic carbocycles. The molecular formula is C23H27NO3. The lowest BCUT2D eigenvalue weighted by atomic mass is 9.87. The van der Waals surface area contributed by atoms with Crippen LogP contribution in [0.15, 0.2) is 54.6 Å². The molecule has 1 fully saturated rings. The summed E-state index contributed by atoms with van der Waals surface area (Å²) in [7, 11) is 0. The molecule has 1 aliphatic heterocycles. The summed E-state index contributed by atoms with van der Waals surface area (Å²) in [5.74, 6) is -0.106. The minimum absolute atomic E-state index is 0.0582. The van der Waals surface area contributed by atoms with Crippen LogP contribution in [0.2, 0.25) is 0 Å². The Morgan fingerprint density at radius 2 is 1.81 bits per heavy atom. The van der Waals surface area contributed by atoms with Crippen molar-refractivity contribution in [2.45, 2.75) is 45.3 Å². The molecular weight excluding hydrogens is 338 g/mol. The largest absolute Gasteiger partial charge is 0.368 e. The number of ether oxygens (including phenoxy) is 1. The lowest BCUT2D eigenvalue weighted by Gasteiger charge is -2.23. The molecule has 2 aromatic rings. The number of ketones is 1. The number of carbonyl (C=O) groups excluding carboxylic acids is 2. The molecule has 1 heterocycles. The van der Waals surface area contributed by atoms with E-state index in [1.807, 2.05) is 37.3 Å². The van der Waals surface area contributed by atoms with Crippen molar-refractivity contribution in [2.24, 2.45) is 5.92 Å². The summed E-state index contributed by atoms with van der Waals surface area (Å²) in [5.41, 5.74) is 3.18. The van der Waals surface area contributed by atoms with E-state index in [-0.39, 0.29) is 30.3 Å². The fourth-order valence-corrected chi connectivity index (χ4v) is 3.54. The Morgan fingerprint density at radius 1 is 1.11 bits per heavy atom. The lowest BCUT2D eigenvalue weighted by Crippen LogP contribution is -2.45. The average molecular weight is 365 g/mol. The van der Waals surface area contributed by atoms with Gasteiger partial charge in [0.25, 0.3) is 0 Å². The van der Waals surface area contributed by atoms with Crippen LogP contribution in [-0.4, -0.2) is 30.4 Å². The molecule has 2 aromatic carbocycles. The number of rotatable bonds is 6. The maximum atomic E-state index is 13.1. The third-order valence-corrected chi connectivity index (χ3v) is 5.02. The topological polar surface area (TPSA) is 55.4 Å². The Balaban J connectivity index is 1.86. The number of amides is 1. The fraction of sp³-hybridized carbons (Fsp3) is 0.391. The molecule has 4 heteroatoms. The van der Waals surface area contributed by atoms with Crippen molar-refractivity contribution in [3.05, 3.63) is 60.2 Å². The smallest absolute Gasteiger partial charge is 0.228 e. The van der Waals surface area contributed by atoms with Crippen LogP contribution in [0.5, 0.6) is 0 Å². The van der Waals surface area contributed by atoms with Gasteiger partial charge < -0.3 is 10.1 Å². The summed E-state index contributed by atoms with van der Waals surface area (Å²) in [6.45, 7) is 6.11. The average Bonchev–Trinajstić information content (AvgIpc) is 2.98. The molecule has 3 atom stereocenters. The molecule has 0 radical (unpaired) electrons. The van der Waals surface area contributed by atoms with Gasteiger partial charge in [-0.3, -0.25) is 9.59 Å². The first kappa shape index (κ1) is 19.3. The van der Waals surface area contributed by atoms with Crippen molar-refractivity contribution in [3.63, 3.8) is 0 Å². The SMILES string of the molecule is CC(C)CC(C(=O)NC1C(=O)COC1C)c1cccc(-c2ccccc2)c1. The number of benzene rings is 2. The van der Waals surface area contributed by atoms with Gasteiger partial charge in [0.15, 0.2) is 5.78 Å². The zero-order valence-electron chi connectivity index (χ0n) is 16.1. The van der Waals surface area contributed by atoms with Gasteiger partial charge in [-0.05, 0) is 36.0 Å². The monoisotopic (exact) mass is 365 g/mol. The van der Waals surface area contributed by atoms with Gasteiger partial charge in [0, 0.05) is 0 Å². The van der Waals surface area contributed by atoms with Gasteiger partial charge in [-0.2, -0.15) is 0 Å². The van der Waals surface area contributed by atoms with Gasteiger partial charge in [0.2, 0.25) is 5.91 Å². The van der Waals surface area contributed by atoms with E-state index in [2.05, 4.69) is 43.4 Å². The number of Topliss-reactive ketones (excluding diaryl/α,β-unsaturated/α-hetero) is 1. The van der Waals surface area contributed by atoms with E-state index < -0.39 is 6.04 Å². The van der Waals surface area contributed by atoms with Crippen LogP contribution in [0.3, 0.4) is 0 Å². The molecule has 1 saturated heterocycles. The molecule has 0 saturated carbocycles. The summed E-state index contributed by atoms with van der Waals surface area (Å²) >= 11 is 0. The highest BCUT2D eigenvalue weighted by atomic mass is 16.5. The fourth-order valence-electron chi connectivity index (χ4n) is 3.54. The second-order valence-corrected chi connectivity index (χ2v) is 7.64. The Labute approximate surface area is 160 Å². The Bertz CT molecular complexity index is 800. The van der Waals surface area contributed by atoms with Crippen molar-refractivity contribution in [2.75, 3.05) is 6.61 Å². The first-order valence-corrected chi connectivity index (χ1v) is 9.55. The molecule has 0 spiro atoms. The van der Waals surface area contributed by atoms with Gasteiger partial charge in [0.05, 0.1) is 12.0 Å². The third kappa shape index (κ3) is 4.64. The van der Waals surface area contributed by atoms with Crippen LogP contribution in [0.25, 0.3) is 11.1 Å². The first-order chi connectivity index (χ1) is 13.0. The molecule has 1 amide bonds. The normalized spacial score (nSPS) is 20.7. The van der Waals surface area contributed by atoms with Gasteiger partial charge in [-0.1, -0.05) is 68.4 Å². The van der Waals surface area contributed by atoms with E-state index in [0.717, 1.165) is 23.1 Å². The predicted molar refractivity (Wildman–Crippen MR) is 106 cm³/mol. The maximum Gasteiger partial charge on any atom is 0.228 e. The van der Waals surface area contributed by atoms with E-state index in [4.69, 9.17) is 4.74 Å². The van der Waals surface area contributed by atoms with Gasteiger partial charge >= 0.3 is 0 Å². The Morgan fingerprint density at radius 3 is 2.44 bits per heavy atom. The van der Waals surface area contributed by atoms with Crippen LogP contribution in [0.4, 0.5) is 0 Å². The minimum atomic E-state index is -0.551. The van der Waals surface area contributed by atoms with Gasteiger partial charge in [0.1, 0.15) is 12.6 Å². The summed E-state index contributed by atoms with van der Waals surface area (Å²) in [5, 5.41) is 2.93. The Hall–Kier alpha value is -2.46. The summed E-state index contributed by atoms with van der Waals surface area (Å²) < 4.78 is 5.36. The number of hydrogen-bond acceptors (Lipinski definition) is 3. The molecule has 1 N–H and O–H groups in total. The van der Waals surface area contributed by atoms with Crippen molar-refractivity contribution >= 4 is 11.7 Å². The van der Waals surface area contributed by atoms with Gasteiger partial charge in [-0.25, -0.2) is 0 Å². The molecule has 0 bridgehead atoms. The summed E-state index contributed by atoms with van der Waals surface area (Å²) in [4.78, 5) is 25.1. The number of nitrogens with one attached hydrogen (secondary N) is 1. The second-order valence-electron chi connectivity index (χ2n) is 7.64. The van der Waals surface area contributed by atoms with E-state index in [1.165, 1.54) is 0 Å². The molecule has 27 heavy (non-hydrogen) atoms. The van der Waals surface area contributed by atoms with E-state index in [9.17, 15) is 9.59 Å². The number of carbonyl (C=O) groups is 2. The maximum absolute atomic E-state index is 13.1. The van der Waals surface area contributed by atoms with Crippen molar-refractivity contribution in [1.29, 1.82) is 0 Å². The standard InChI is InChI=1S/C23H27NO3/c1-15(2)12-20(23(26)24-22-16(3)27-14-21(22)25)19-11-7-10-18(13-19)17-8-5-4-6-9-17/h4-11,13,15-16,20,22H,12,14H2,1-3H3,(H,24,26). The molecule has 3 rings (SSSR count). The zero-order valence-corrected chi connectivity index (χ0v) is 16.1. The zero-order chi connectivity index (χ0) is 19.4. The molecule has 1 aliphatic rings. The molecule has 0 aromatic heterocycles. The van der Waals surface area contributed by atoms with E-state index in [1.54, 1.807) is 0 Å². The highest BCUT2D eigenvalue weighted by molar-refractivity contribution is 5.93. The van der Waals surface area contributed by atoms with Crippen LogP contribution in [0.1, 0.15) is 38.7 Å². The third-order valence-electron chi connectivity index (χ3n) is 5.02. The van der Waals surface area contributed by atoms with Crippen LogP contribution in [-0.2, 0) is 14.3 Å². The first-order valence-electron chi connectivity index (χ1n) is 9.55. The van der Waals surface area contributed by atoms with Crippen molar-refractivity contribution < 1.29 is 14.3 Å². The van der Waals surface area contributed by atoms with E-state index in [0.29, 0.717) is 5.92 Å². The lowest BCUT2D eigenvalue weighted by molar-refractivity contribution is -0.127. The summed E-state index contributed by atoms with van der Waals surface area (Å²) in [6, 6.07) is 17.7. The van der Waals surface area contributed by atoms with Crippen LogP contribution in [0, 0.1) is 5.92 Å². The Kier molecular flexibility index (Phi) is 6.07. The van der Waals surface area contributed by atoms with E-state index >= 15 is 0 Å². The predicted octanol–water partition coefficient (Wildman–Crippen LogP) is 3.96. The van der Waals surface area contributed by atoms with Crippen molar-refractivity contribution in [1.82, 2.24) is 5.32 Å². The van der Waals surface area contributed by atoms with Gasteiger partial charge in [-0.15, -0.1) is 0 Å². The highest BCUT2D eigenvalue weighted by Crippen LogP contribution is 2.29. The van der Waals surface area contributed by atoms with Crippen LogP contribution >= 0.6 is 0 Å².